The van der Waals surface area contributed by atoms with Crippen LogP contribution in [-0.4, -0.2) is 74.0 Å². The zero-order valence-corrected chi connectivity index (χ0v) is 19.0. The highest BCUT2D eigenvalue weighted by molar-refractivity contribution is 14.0. The summed E-state index contributed by atoms with van der Waals surface area (Å²) >= 11 is 0. The van der Waals surface area contributed by atoms with Crippen molar-refractivity contribution < 1.29 is 4.79 Å². The average Bonchev–Trinajstić information content (AvgIpc) is 2.59. The molecule has 0 aromatic rings. The fourth-order valence-corrected chi connectivity index (χ4v) is 2.91. The van der Waals surface area contributed by atoms with Gasteiger partial charge in [-0.1, -0.05) is 20.3 Å². The number of nitrogens with zero attached hydrogens (tertiary/aromatic N) is 3. The molecule has 7 heteroatoms. The third-order valence-electron chi connectivity index (χ3n) is 4.78. The molecule has 6 nitrogen and oxygen atoms in total. The molecule has 0 aromatic heterocycles. The van der Waals surface area contributed by atoms with Gasteiger partial charge in [-0.25, -0.2) is 4.99 Å². The van der Waals surface area contributed by atoms with Crippen LogP contribution in [0.4, 0.5) is 0 Å². The maximum atomic E-state index is 11.8. The van der Waals surface area contributed by atoms with Crippen LogP contribution in [0, 0.1) is 0 Å². The molecule has 2 N–H and O–H groups in total. The number of carbonyl (C=O) groups is 1. The van der Waals surface area contributed by atoms with E-state index < -0.39 is 0 Å². The summed E-state index contributed by atoms with van der Waals surface area (Å²) in [5.74, 6) is 0.756. The molecule has 2 atom stereocenters. The van der Waals surface area contributed by atoms with Crippen molar-refractivity contribution >= 4 is 35.8 Å². The van der Waals surface area contributed by atoms with Crippen molar-refractivity contribution in [3.8, 4) is 0 Å². The van der Waals surface area contributed by atoms with Gasteiger partial charge in [0, 0.05) is 39.3 Å². The number of hydrogen-bond acceptors (Lipinski definition) is 3. The van der Waals surface area contributed by atoms with Gasteiger partial charge in [0.05, 0.1) is 0 Å². The van der Waals surface area contributed by atoms with Crippen LogP contribution in [0.3, 0.4) is 0 Å². The average molecular weight is 467 g/mol. The van der Waals surface area contributed by atoms with Crippen LogP contribution in [0.25, 0.3) is 0 Å². The third-order valence-corrected chi connectivity index (χ3v) is 4.78. The van der Waals surface area contributed by atoms with Gasteiger partial charge in [0.25, 0.3) is 0 Å². The van der Waals surface area contributed by atoms with E-state index in [2.05, 4.69) is 41.3 Å². The Bertz CT molecular complexity index is 403. The van der Waals surface area contributed by atoms with Crippen LogP contribution in [0.2, 0.25) is 0 Å². The van der Waals surface area contributed by atoms with Gasteiger partial charge in [-0.05, 0) is 39.2 Å². The first kappa shape index (κ1) is 24.4. The summed E-state index contributed by atoms with van der Waals surface area (Å²) in [6, 6.07) is 1.06. The van der Waals surface area contributed by atoms with Crippen molar-refractivity contribution in [1.29, 1.82) is 0 Å². The lowest BCUT2D eigenvalue weighted by molar-refractivity contribution is -0.127. The van der Waals surface area contributed by atoms with E-state index in [0.29, 0.717) is 6.04 Å². The fraction of sp³-hybridized carbons (Fsp3) is 0.889. The molecule has 2 unspecified atom stereocenters. The number of carbonyl (C=O) groups excluding carboxylic acids is 1. The Morgan fingerprint density at radius 1 is 1.32 bits per heavy atom. The number of piperidine rings is 1. The Kier molecular flexibility index (Phi) is 13.3. The lowest BCUT2D eigenvalue weighted by Gasteiger charge is -2.35. The number of aliphatic imine (C=N–C) groups is 1. The molecule has 0 radical (unpaired) electrons. The molecular weight excluding hydrogens is 429 g/mol. The molecule has 0 spiro atoms. The van der Waals surface area contributed by atoms with Crippen LogP contribution < -0.4 is 10.6 Å². The maximum absolute atomic E-state index is 11.8. The van der Waals surface area contributed by atoms with Crippen molar-refractivity contribution in [2.24, 2.45) is 4.99 Å². The number of guanidine groups is 1. The molecule has 0 aliphatic carbocycles. The normalized spacial score (nSPS) is 19.7. The Morgan fingerprint density at radius 2 is 2.04 bits per heavy atom. The first-order valence-electron chi connectivity index (χ1n) is 9.46. The third kappa shape index (κ3) is 9.63. The standard InChI is InChI=1S/C18H37N5O.HI/c1-6-15(3)21-18(20-14-17(24)22(4)5)19-11-13-23-12-9-8-10-16(23)7-2;/h15-16H,6-14H2,1-5H3,(H2,19,20,21);1H. The highest BCUT2D eigenvalue weighted by Gasteiger charge is 2.20. The predicted octanol–water partition coefficient (Wildman–Crippen LogP) is 2.29. The number of likely N-dealkylation sites (N-methyl/N-ethyl adjacent to an activating group) is 1. The van der Waals surface area contributed by atoms with Gasteiger partial charge in [0.2, 0.25) is 5.91 Å². The minimum atomic E-state index is 0. The molecule has 148 valence electrons. The van der Waals surface area contributed by atoms with E-state index in [-0.39, 0.29) is 36.4 Å². The van der Waals surface area contributed by atoms with Crippen LogP contribution in [0.1, 0.15) is 52.9 Å². The van der Waals surface area contributed by atoms with E-state index >= 15 is 0 Å². The summed E-state index contributed by atoms with van der Waals surface area (Å²) in [6.07, 6.45) is 6.23. The van der Waals surface area contributed by atoms with Crippen LogP contribution in [-0.2, 0) is 4.79 Å². The minimum absolute atomic E-state index is 0. The summed E-state index contributed by atoms with van der Waals surface area (Å²) in [5, 5.41) is 6.77. The lowest BCUT2D eigenvalue weighted by atomic mass is 10.0. The molecule has 1 heterocycles. The summed E-state index contributed by atoms with van der Waals surface area (Å²) in [5.41, 5.74) is 0. The second-order valence-electron chi connectivity index (χ2n) is 6.93. The van der Waals surface area contributed by atoms with Gasteiger partial charge in [0.15, 0.2) is 5.96 Å². The molecule has 1 amide bonds. The van der Waals surface area contributed by atoms with E-state index in [0.717, 1.165) is 31.5 Å². The Balaban J connectivity index is 0.00000576. The zero-order chi connectivity index (χ0) is 17.9. The van der Waals surface area contributed by atoms with Gasteiger partial charge in [-0.3, -0.25) is 9.69 Å². The first-order chi connectivity index (χ1) is 11.5. The molecule has 25 heavy (non-hydrogen) atoms. The van der Waals surface area contributed by atoms with E-state index in [1.54, 1.807) is 19.0 Å². The smallest absolute Gasteiger partial charge is 0.243 e. The topological polar surface area (TPSA) is 60.0 Å². The van der Waals surface area contributed by atoms with Crippen LogP contribution in [0.5, 0.6) is 0 Å². The second-order valence-corrected chi connectivity index (χ2v) is 6.93. The molecular formula is C18H38IN5O. The highest BCUT2D eigenvalue weighted by Crippen LogP contribution is 2.18. The van der Waals surface area contributed by atoms with Crippen molar-refractivity contribution in [3.05, 3.63) is 0 Å². The highest BCUT2D eigenvalue weighted by atomic mass is 127. The number of likely N-dealkylation sites (tertiary alicyclic amines) is 1. The Labute approximate surface area is 171 Å². The van der Waals surface area contributed by atoms with Crippen LogP contribution >= 0.6 is 24.0 Å². The fourth-order valence-electron chi connectivity index (χ4n) is 2.91. The van der Waals surface area contributed by atoms with E-state index in [4.69, 9.17) is 0 Å². The van der Waals surface area contributed by atoms with Gasteiger partial charge in [0.1, 0.15) is 6.54 Å². The maximum Gasteiger partial charge on any atom is 0.243 e. The van der Waals surface area contributed by atoms with E-state index in [9.17, 15) is 4.79 Å². The molecule has 1 rings (SSSR count). The quantitative estimate of drug-likeness (QED) is 0.327. The van der Waals surface area contributed by atoms with Crippen molar-refractivity contribution in [3.63, 3.8) is 0 Å². The van der Waals surface area contributed by atoms with Gasteiger partial charge in [-0.15, -0.1) is 24.0 Å². The monoisotopic (exact) mass is 467 g/mol. The molecule has 1 aliphatic heterocycles. The number of amides is 1. The van der Waals surface area contributed by atoms with Crippen molar-refractivity contribution in [1.82, 2.24) is 20.4 Å². The summed E-state index contributed by atoms with van der Waals surface area (Å²) < 4.78 is 0. The first-order valence-corrected chi connectivity index (χ1v) is 9.46. The van der Waals surface area contributed by atoms with Crippen molar-refractivity contribution in [2.75, 3.05) is 40.3 Å². The zero-order valence-electron chi connectivity index (χ0n) is 16.7. The molecule has 0 bridgehead atoms. The minimum Gasteiger partial charge on any atom is -0.355 e. The Morgan fingerprint density at radius 3 is 2.64 bits per heavy atom. The van der Waals surface area contributed by atoms with E-state index in [1.165, 1.54) is 32.2 Å². The number of hydrogen-bond donors (Lipinski definition) is 2. The second kappa shape index (κ2) is 13.6. The molecule has 1 aliphatic rings. The van der Waals surface area contributed by atoms with Gasteiger partial charge in [-0.2, -0.15) is 0 Å². The number of nitrogens with one attached hydrogen (secondary N) is 2. The largest absolute Gasteiger partial charge is 0.355 e. The van der Waals surface area contributed by atoms with Crippen molar-refractivity contribution in [2.45, 2.75) is 65.0 Å². The van der Waals surface area contributed by atoms with Crippen LogP contribution in [0.15, 0.2) is 4.99 Å². The number of rotatable bonds is 8. The lowest BCUT2D eigenvalue weighted by Crippen LogP contribution is -2.47. The summed E-state index contributed by atoms with van der Waals surface area (Å²) in [7, 11) is 3.52. The SMILES string of the molecule is CCC(C)NC(=NCC(=O)N(C)C)NCCN1CCCCC1CC.I. The molecule has 0 aromatic carbocycles. The number of halogens is 1. The summed E-state index contributed by atoms with van der Waals surface area (Å²) in [6.45, 7) is 9.81. The predicted molar refractivity (Wildman–Crippen MR) is 117 cm³/mol. The van der Waals surface area contributed by atoms with Gasteiger partial charge < -0.3 is 15.5 Å². The molecule has 1 saturated heterocycles. The van der Waals surface area contributed by atoms with E-state index in [1.807, 2.05) is 0 Å². The summed E-state index contributed by atoms with van der Waals surface area (Å²) in [4.78, 5) is 20.4. The van der Waals surface area contributed by atoms with Gasteiger partial charge >= 0.3 is 0 Å². The molecule has 0 saturated carbocycles. The Hall–Kier alpha value is -0.570. The molecule has 1 fully saturated rings.